The van der Waals surface area contributed by atoms with Gasteiger partial charge in [0.15, 0.2) is 0 Å². The number of carboxylic acid groups (broad SMARTS) is 1. The lowest BCUT2D eigenvalue weighted by Gasteiger charge is -2.17. The first-order chi connectivity index (χ1) is 9.09. The number of carboxylic acids is 1. The third kappa shape index (κ3) is 11.0. The predicted molar refractivity (Wildman–Crippen MR) is 78.0 cm³/mol. The molecule has 0 saturated carbocycles. The minimum absolute atomic E-state index is 0.0241. The van der Waals surface area contributed by atoms with Crippen LogP contribution in [0.15, 0.2) is 0 Å². The molecule has 2 N–H and O–H groups in total. The van der Waals surface area contributed by atoms with E-state index in [2.05, 4.69) is 12.4 Å². The van der Waals surface area contributed by atoms with Crippen molar-refractivity contribution in [2.24, 2.45) is 5.92 Å². The maximum Gasteiger partial charge on any atom is 0.323 e. The lowest BCUT2D eigenvalue weighted by Crippen LogP contribution is -2.41. The molecule has 0 aliphatic carbocycles. The highest BCUT2D eigenvalue weighted by molar-refractivity contribution is 5.73. The van der Waals surface area contributed by atoms with Gasteiger partial charge >= 0.3 is 5.97 Å². The molecule has 0 aromatic rings. The smallest absolute Gasteiger partial charge is 0.323 e. The van der Waals surface area contributed by atoms with E-state index in [4.69, 9.17) is 9.94 Å². The first kappa shape index (κ1) is 18.4. The standard InChI is InChI=1S/C15H31NO3/c1-4-5-6-7-8-9-10-11-12-19-16-14(13(2)3)15(17)18/h13-14,16H,4-12H2,1-3H3,(H,17,18)/t14-/m0/s1. The van der Waals surface area contributed by atoms with Crippen LogP contribution < -0.4 is 5.48 Å². The minimum Gasteiger partial charge on any atom is -0.480 e. The number of hydrogen-bond donors (Lipinski definition) is 2. The van der Waals surface area contributed by atoms with Gasteiger partial charge in [0.1, 0.15) is 6.04 Å². The number of hydrogen-bond acceptors (Lipinski definition) is 3. The lowest BCUT2D eigenvalue weighted by atomic mass is 10.1. The summed E-state index contributed by atoms with van der Waals surface area (Å²) in [5.41, 5.74) is 2.64. The zero-order chi connectivity index (χ0) is 14.5. The van der Waals surface area contributed by atoms with Crippen LogP contribution in [0.2, 0.25) is 0 Å². The molecule has 19 heavy (non-hydrogen) atoms. The van der Waals surface area contributed by atoms with E-state index in [1.54, 1.807) is 0 Å². The molecule has 0 heterocycles. The van der Waals surface area contributed by atoms with Crippen molar-refractivity contribution in [1.82, 2.24) is 5.48 Å². The maximum atomic E-state index is 10.9. The van der Waals surface area contributed by atoms with Gasteiger partial charge in [-0.2, -0.15) is 5.48 Å². The van der Waals surface area contributed by atoms with E-state index in [0.29, 0.717) is 6.61 Å². The van der Waals surface area contributed by atoms with E-state index in [0.717, 1.165) is 12.8 Å². The Balaban J connectivity index is 3.32. The molecular weight excluding hydrogens is 242 g/mol. The lowest BCUT2D eigenvalue weighted by molar-refractivity contribution is -0.146. The molecule has 1 atom stereocenters. The molecular formula is C15H31NO3. The van der Waals surface area contributed by atoms with E-state index in [9.17, 15) is 4.79 Å². The summed E-state index contributed by atoms with van der Waals surface area (Å²) in [4.78, 5) is 16.1. The van der Waals surface area contributed by atoms with E-state index in [1.165, 1.54) is 38.5 Å². The SMILES string of the molecule is CCCCCCCCCCON[C@H](C(=O)O)C(C)C. The molecule has 4 heteroatoms. The Bertz CT molecular complexity index is 219. The molecule has 0 aliphatic rings. The molecule has 0 rings (SSSR count). The molecule has 114 valence electrons. The van der Waals surface area contributed by atoms with Crippen molar-refractivity contribution in [2.75, 3.05) is 6.61 Å². The topological polar surface area (TPSA) is 58.6 Å². The number of nitrogens with one attached hydrogen (secondary N) is 1. The second-order valence-corrected chi connectivity index (χ2v) is 5.50. The van der Waals surface area contributed by atoms with Crippen LogP contribution in [0.1, 0.15) is 72.1 Å². The second-order valence-electron chi connectivity index (χ2n) is 5.50. The normalized spacial score (nSPS) is 12.8. The summed E-state index contributed by atoms with van der Waals surface area (Å²) < 4.78 is 0. The van der Waals surface area contributed by atoms with Crippen LogP contribution in [-0.4, -0.2) is 23.7 Å². The van der Waals surface area contributed by atoms with Crippen molar-refractivity contribution in [3.8, 4) is 0 Å². The number of hydroxylamine groups is 1. The van der Waals surface area contributed by atoms with Crippen LogP contribution >= 0.6 is 0 Å². The van der Waals surface area contributed by atoms with Crippen molar-refractivity contribution < 1.29 is 14.7 Å². The van der Waals surface area contributed by atoms with Crippen LogP contribution in [0.3, 0.4) is 0 Å². The van der Waals surface area contributed by atoms with Crippen molar-refractivity contribution in [3.05, 3.63) is 0 Å². The Hall–Kier alpha value is -0.610. The average Bonchev–Trinajstić information content (AvgIpc) is 2.35. The Morgan fingerprint density at radius 1 is 1.05 bits per heavy atom. The van der Waals surface area contributed by atoms with Crippen LogP contribution in [0.5, 0.6) is 0 Å². The van der Waals surface area contributed by atoms with Gasteiger partial charge in [-0.3, -0.25) is 4.79 Å². The fraction of sp³-hybridized carbons (Fsp3) is 0.933. The largest absolute Gasteiger partial charge is 0.480 e. The first-order valence-electron chi connectivity index (χ1n) is 7.69. The van der Waals surface area contributed by atoms with E-state index < -0.39 is 12.0 Å². The molecule has 0 fully saturated rings. The van der Waals surface area contributed by atoms with Crippen LogP contribution in [-0.2, 0) is 9.63 Å². The van der Waals surface area contributed by atoms with Gasteiger partial charge in [0.05, 0.1) is 6.61 Å². The zero-order valence-electron chi connectivity index (χ0n) is 12.8. The van der Waals surface area contributed by atoms with Gasteiger partial charge in [-0.1, -0.05) is 65.7 Å². The quantitative estimate of drug-likeness (QED) is 0.396. The van der Waals surface area contributed by atoms with E-state index in [1.807, 2.05) is 13.8 Å². The molecule has 0 saturated heterocycles. The van der Waals surface area contributed by atoms with E-state index >= 15 is 0 Å². The van der Waals surface area contributed by atoms with Gasteiger partial charge in [-0.15, -0.1) is 0 Å². The zero-order valence-corrected chi connectivity index (χ0v) is 12.8. The molecule has 0 bridgehead atoms. The number of unbranched alkanes of at least 4 members (excludes halogenated alkanes) is 7. The van der Waals surface area contributed by atoms with E-state index in [-0.39, 0.29) is 5.92 Å². The predicted octanol–water partition coefficient (Wildman–Crippen LogP) is 3.76. The van der Waals surface area contributed by atoms with Crippen LogP contribution in [0.4, 0.5) is 0 Å². The number of rotatable bonds is 13. The summed E-state index contributed by atoms with van der Waals surface area (Å²) in [6.45, 7) is 6.55. The minimum atomic E-state index is -0.856. The van der Waals surface area contributed by atoms with Gasteiger partial charge in [0.2, 0.25) is 0 Å². The molecule has 0 unspecified atom stereocenters. The fourth-order valence-electron chi connectivity index (χ4n) is 1.93. The molecule has 4 nitrogen and oxygen atoms in total. The Labute approximate surface area is 117 Å². The maximum absolute atomic E-state index is 10.9. The summed E-state index contributed by atoms with van der Waals surface area (Å²) >= 11 is 0. The van der Waals surface area contributed by atoms with Crippen LogP contribution in [0.25, 0.3) is 0 Å². The molecule has 0 aliphatic heterocycles. The highest BCUT2D eigenvalue weighted by Gasteiger charge is 2.20. The first-order valence-corrected chi connectivity index (χ1v) is 7.69. The Morgan fingerprint density at radius 2 is 1.58 bits per heavy atom. The third-order valence-electron chi connectivity index (χ3n) is 3.24. The van der Waals surface area contributed by atoms with Gasteiger partial charge < -0.3 is 9.94 Å². The summed E-state index contributed by atoms with van der Waals surface area (Å²) in [6, 6.07) is -0.617. The van der Waals surface area contributed by atoms with Gasteiger partial charge in [-0.05, 0) is 12.3 Å². The Morgan fingerprint density at radius 3 is 2.05 bits per heavy atom. The molecule has 0 amide bonds. The number of aliphatic carboxylic acids is 1. The van der Waals surface area contributed by atoms with Crippen molar-refractivity contribution in [1.29, 1.82) is 0 Å². The van der Waals surface area contributed by atoms with Gasteiger partial charge in [0, 0.05) is 0 Å². The number of carbonyl (C=O) groups is 1. The van der Waals surface area contributed by atoms with Crippen LogP contribution in [0, 0.1) is 5.92 Å². The van der Waals surface area contributed by atoms with Crippen molar-refractivity contribution in [2.45, 2.75) is 78.2 Å². The summed E-state index contributed by atoms with van der Waals surface area (Å²) in [5, 5.41) is 8.94. The average molecular weight is 273 g/mol. The highest BCUT2D eigenvalue weighted by Crippen LogP contribution is 2.08. The summed E-state index contributed by atoms with van der Waals surface area (Å²) in [5.74, 6) is -0.831. The third-order valence-corrected chi connectivity index (χ3v) is 3.24. The second kappa shape index (κ2) is 12.4. The summed E-state index contributed by atoms with van der Waals surface area (Å²) in [7, 11) is 0. The van der Waals surface area contributed by atoms with Gasteiger partial charge in [-0.25, -0.2) is 0 Å². The molecule has 0 aromatic heterocycles. The monoisotopic (exact) mass is 273 g/mol. The molecule has 0 radical (unpaired) electrons. The van der Waals surface area contributed by atoms with Crippen molar-refractivity contribution in [3.63, 3.8) is 0 Å². The fourth-order valence-corrected chi connectivity index (χ4v) is 1.93. The van der Waals surface area contributed by atoms with Crippen molar-refractivity contribution >= 4 is 5.97 Å². The molecule has 0 spiro atoms. The molecule has 0 aromatic carbocycles. The Kier molecular flexibility index (Phi) is 12.0. The summed E-state index contributed by atoms with van der Waals surface area (Å²) in [6.07, 6.45) is 10.0. The van der Waals surface area contributed by atoms with Gasteiger partial charge in [0.25, 0.3) is 0 Å². The highest BCUT2D eigenvalue weighted by atomic mass is 16.6.